The van der Waals surface area contributed by atoms with Crippen molar-refractivity contribution in [2.24, 2.45) is 0 Å². The molecule has 1 unspecified atom stereocenters. The average molecular weight is 698 g/mol. The molecule has 1 N–H and O–H groups in total. The molecule has 9 aromatic rings. The van der Waals surface area contributed by atoms with Crippen LogP contribution >= 0.6 is 0 Å². The first-order valence-corrected chi connectivity index (χ1v) is 18.2. The minimum atomic E-state index is -0.116. The van der Waals surface area contributed by atoms with Gasteiger partial charge in [0.05, 0.1) is 22.4 Å². The molecule has 0 aliphatic carbocycles. The molecular formula is C47H35N7. The van der Waals surface area contributed by atoms with E-state index in [1.54, 1.807) is 0 Å². The molecule has 1 aliphatic rings. The van der Waals surface area contributed by atoms with Crippen molar-refractivity contribution in [2.45, 2.75) is 6.29 Å². The Kier molecular flexibility index (Phi) is 7.70. The standard InChI is InChI=1S/C47H35N7/c1-48-47-53(35-21-9-4-10-22-35)42-26-13-14-27-43(42)54(47)37-28-29-41-39(31-37)38-24-11-12-25-40(38)52(41)36-23-15-20-34(30-36)46-50-44(32-16-5-2-6-17-32)49-45(51-46)33-18-7-3-8-19-33/h2-31,47-48H,1H3. The normalized spacial score (nSPS) is 13.8. The van der Waals surface area contributed by atoms with Gasteiger partial charge in [0.1, 0.15) is 0 Å². The number of rotatable bonds is 7. The first kappa shape index (κ1) is 31.6. The van der Waals surface area contributed by atoms with Gasteiger partial charge in [-0.1, -0.05) is 121 Å². The molecule has 3 heterocycles. The maximum Gasteiger partial charge on any atom is 0.166 e. The van der Waals surface area contributed by atoms with Crippen molar-refractivity contribution in [1.29, 1.82) is 0 Å². The highest BCUT2D eigenvalue weighted by Crippen LogP contribution is 2.47. The molecule has 7 aromatic carbocycles. The SMILES string of the molecule is CNC1N(c2ccccc2)c2ccccc2N1c1ccc2c(c1)c1ccccc1n2-c1cccc(-c2nc(-c3ccccc3)nc(-c3ccccc3)n2)c1. The second-order valence-corrected chi connectivity index (χ2v) is 13.4. The summed E-state index contributed by atoms with van der Waals surface area (Å²) in [4.78, 5) is 19.7. The van der Waals surface area contributed by atoms with Crippen LogP contribution in [0.5, 0.6) is 0 Å². The summed E-state index contributed by atoms with van der Waals surface area (Å²) in [7, 11) is 2.02. The Bertz CT molecular complexity index is 2720. The summed E-state index contributed by atoms with van der Waals surface area (Å²) in [6.45, 7) is 0. The topological polar surface area (TPSA) is 62.1 Å². The molecule has 0 bridgehead atoms. The number of hydrogen-bond acceptors (Lipinski definition) is 6. The Labute approximate surface area is 313 Å². The number of fused-ring (bicyclic) bond motifs is 4. The molecule has 1 aliphatic heterocycles. The molecule has 258 valence electrons. The molecule has 2 aromatic heterocycles. The smallest absolute Gasteiger partial charge is 0.166 e. The van der Waals surface area contributed by atoms with Crippen LogP contribution < -0.4 is 15.1 Å². The first-order valence-electron chi connectivity index (χ1n) is 18.2. The second-order valence-electron chi connectivity index (χ2n) is 13.4. The van der Waals surface area contributed by atoms with Crippen molar-refractivity contribution in [2.75, 3.05) is 16.8 Å². The summed E-state index contributed by atoms with van der Waals surface area (Å²) < 4.78 is 2.35. The summed E-state index contributed by atoms with van der Waals surface area (Å²) in [5, 5.41) is 5.97. The molecule has 10 rings (SSSR count). The largest absolute Gasteiger partial charge is 0.309 e. The molecule has 54 heavy (non-hydrogen) atoms. The zero-order valence-electron chi connectivity index (χ0n) is 29.6. The second kappa shape index (κ2) is 13.2. The Hall–Kier alpha value is -7.09. The summed E-state index contributed by atoms with van der Waals surface area (Å²) in [5.41, 5.74) is 10.6. The minimum absolute atomic E-state index is 0.116. The van der Waals surface area contributed by atoms with Crippen LogP contribution in [0.1, 0.15) is 0 Å². The zero-order chi connectivity index (χ0) is 36.0. The van der Waals surface area contributed by atoms with Gasteiger partial charge >= 0.3 is 0 Å². The molecule has 0 saturated heterocycles. The number of nitrogens with zero attached hydrogens (tertiary/aromatic N) is 6. The summed E-state index contributed by atoms with van der Waals surface area (Å²) in [6.07, 6.45) is -0.116. The predicted octanol–water partition coefficient (Wildman–Crippen LogP) is 10.8. The molecule has 0 fully saturated rings. The van der Waals surface area contributed by atoms with Gasteiger partial charge < -0.3 is 14.4 Å². The Morgan fingerprint density at radius 3 is 1.56 bits per heavy atom. The van der Waals surface area contributed by atoms with Gasteiger partial charge in [0, 0.05) is 44.5 Å². The lowest BCUT2D eigenvalue weighted by atomic mass is 10.1. The van der Waals surface area contributed by atoms with E-state index in [-0.39, 0.29) is 6.29 Å². The molecule has 7 heteroatoms. The van der Waals surface area contributed by atoms with Crippen LogP contribution in [0.3, 0.4) is 0 Å². The quantitative estimate of drug-likeness (QED) is 0.179. The van der Waals surface area contributed by atoms with Crippen molar-refractivity contribution in [3.8, 4) is 39.9 Å². The molecule has 0 radical (unpaired) electrons. The molecule has 7 nitrogen and oxygen atoms in total. The van der Waals surface area contributed by atoms with Gasteiger partial charge in [-0.3, -0.25) is 5.32 Å². The third kappa shape index (κ3) is 5.29. The Morgan fingerprint density at radius 2 is 0.907 bits per heavy atom. The van der Waals surface area contributed by atoms with E-state index in [0.717, 1.165) is 56.2 Å². The van der Waals surface area contributed by atoms with Crippen LogP contribution in [0.2, 0.25) is 0 Å². The molecule has 1 atom stereocenters. The minimum Gasteiger partial charge on any atom is -0.309 e. The van der Waals surface area contributed by atoms with Crippen molar-refractivity contribution in [1.82, 2.24) is 24.8 Å². The highest BCUT2D eigenvalue weighted by atomic mass is 15.5. The maximum absolute atomic E-state index is 5.02. The van der Waals surface area contributed by atoms with E-state index in [1.807, 2.05) is 67.7 Å². The van der Waals surface area contributed by atoms with Crippen LogP contribution in [0.15, 0.2) is 182 Å². The summed E-state index contributed by atoms with van der Waals surface area (Å²) in [5.74, 6) is 1.91. The number of aromatic nitrogens is 4. The molecule has 0 amide bonds. The van der Waals surface area contributed by atoms with Gasteiger partial charge in [0.25, 0.3) is 0 Å². The third-order valence-corrected chi connectivity index (χ3v) is 10.2. The van der Waals surface area contributed by atoms with Crippen LogP contribution in [0.25, 0.3) is 61.7 Å². The molecule has 0 saturated carbocycles. The van der Waals surface area contributed by atoms with Crippen LogP contribution in [-0.2, 0) is 0 Å². The lowest BCUT2D eigenvalue weighted by molar-refractivity contribution is 0.602. The number of anilines is 4. The highest BCUT2D eigenvalue weighted by Gasteiger charge is 2.37. The lowest BCUT2D eigenvalue weighted by Gasteiger charge is -2.32. The first-order chi connectivity index (χ1) is 26.7. The average Bonchev–Trinajstić information content (AvgIpc) is 3.77. The maximum atomic E-state index is 5.02. The van der Waals surface area contributed by atoms with E-state index in [2.05, 4.69) is 141 Å². The summed E-state index contributed by atoms with van der Waals surface area (Å²) in [6, 6.07) is 63.4. The van der Waals surface area contributed by atoms with Gasteiger partial charge in [0.2, 0.25) is 0 Å². The Morgan fingerprint density at radius 1 is 0.407 bits per heavy atom. The number of para-hydroxylation sites is 4. The highest BCUT2D eigenvalue weighted by molar-refractivity contribution is 6.10. The van der Waals surface area contributed by atoms with Crippen molar-refractivity contribution >= 4 is 44.6 Å². The van der Waals surface area contributed by atoms with Crippen molar-refractivity contribution < 1.29 is 0 Å². The van der Waals surface area contributed by atoms with Crippen molar-refractivity contribution in [3.05, 3.63) is 182 Å². The van der Waals surface area contributed by atoms with E-state index >= 15 is 0 Å². The van der Waals surface area contributed by atoms with Gasteiger partial charge in [-0.05, 0) is 67.7 Å². The van der Waals surface area contributed by atoms with E-state index in [1.165, 1.54) is 10.8 Å². The fraction of sp³-hybridized carbons (Fsp3) is 0.0426. The predicted molar refractivity (Wildman–Crippen MR) is 220 cm³/mol. The van der Waals surface area contributed by atoms with Crippen LogP contribution in [0.4, 0.5) is 22.7 Å². The van der Waals surface area contributed by atoms with E-state index in [4.69, 9.17) is 15.0 Å². The number of hydrogen-bond donors (Lipinski definition) is 1. The number of benzene rings is 7. The van der Waals surface area contributed by atoms with Gasteiger partial charge in [-0.15, -0.1) is 0 Å². The van der Waals surface area contributed by atoms with Crippen LogP contribution in [-0.4, -0.2) is 32.9 Å². The van der Waals surface area contributed by atoms with Gasteiger partial charge in [-0.25, -0.2) is 15.0 Å². The lowest BCUT2D eigenvalue weighted by Crippen LogP contribution is -2.47. The van der Waals surface area contributed by atoms with E-state index < -0.39 is 0 Å². The Balaban J connectivity index is 1.11. The third-order valence-electron chi connectivity index (χ3n) is 10.2. The summed E-state index contributed by atoms with van der Waals surface area (Å²) >= 11 is 0. The van der Waals surface area contributed by atoms with Gasteiger partial charge in [0.15, 0.2) is 23.8 Å². The monoisotopic (exact) mass is 697 g/mol. The molecule has 0 spiro atoms. The van der Waals surface area contributed by atoms with E-state index in [0.29, 0.717) is 17.5 Å². The zero-order valence-corrected chi connectivity index (χ0v) is 29.6. The fourth-order valence-electron chi connectivity index (χ4n) is 7.77. The number of nitrogens with one attached hydrogen (secondary N) is 1. The molecular weight excluding hydrogens is 663 g/mol. The van der Waals surface area contributed by atoms with Gasteiger partial charge in [-0.2, -0.15) is 0 Å². The van der Waals surface area contributed by atoms with E-state index in [9.17, 15) is 0 Å². The van der Waals surface area contributed by atoms with Crippen molar-refractivity contribution in [3.63, 3.8) is 0 Å². The fourth-order valence-corrected chi connectivity index (χ4v) is 7.77. The van der Waals surface area contributed by atoms with Crippen LogP contribution in [0, 0.1) is 0 Å².